The van der Waals surface area contributed by atoms with Crippen molar-refractivity contribution >= 4 is 40.3 Å². The molecular weight excluding hydrogens is 452 g/mol. The van der Waals surface area contributed by atoms with Crippen molar-refractivity contribution in [1.82, 2.24) is 19.9 Å². The standard InChI is InChI=1S/C26H25ClN4OS/c27-21-11-7-19(8-12-21)17-33-26-30-23-13-14-28-15-24(23)31(26)16-18-5-9-20(10-6-18)25(32)29-22-3-1-2-4-22/h5-15,22H,1-4,16-17H2,(H,29,32). The van der Waals surface area contributed by atoms with Gasteiger partial charge < -0.3 is 9.88 Å². The summed E-state index contributed by atoms with van der Waals surface area (Å²) < 4.78 is 2.19. The van der Waals surface area contributed by atoms with Crippen molar-refractivity contribution in [1.29, 1.82) is 0 Å². The van der Waals surface area contributed by atoms with Crippen molar-refractivity contribution in [2.24, 2.45) is 0 Å². The molecule has 1 N–H and O–H groups in total. The van der Waals surface area contributed by atoms with Gasteiger partial charge in [-0.15, -0.1) is 0 Å². The fraction of sp³-hybridized carbons (Fsp3) is 0.269. The van der Waals surface area contributed by atoms with Crippen LogP contribution in [0.3, 0.4) is 0 Å². The molecule has 1 aliphatic carbocycles. The predicted octanol–water partition coefficient (Wildman–Crippen LogP) is 6.10. The molecule has 0 radical (unpaired) electrons. The quantitative estimate of drug-likeness (QED) is 0.327. The van der Waals surface area contributed by atoms with Gasteiger partial charge in [-0.2, -0.15) is 0 Å². The molecule has 1 amide bonds. The van der Waals surface area contributed by atoms with E-state index in [4.69, 9.17) is 16.6 Å². The van der Waals surface area contributed by atoms with Crippen LogP contribution in [0.5, 0.6) is 0 Å². The minimum atomic E-state index is 0.0185. The summed E-state index contributed by atoms with van der Waals surface area (Å²) in [5, 5.41) is 4.83. The van der Waals surface area contributed by atoms with Gasteiger partial charge in [0, 0.05) is 28.6 Å². The zero-order valence-corrected chi connectivity index (χ0v) is 19.8. The van der Waals surface area contributed by atoms with E-state index in [2.05, 4.69) is 14.9 Å². The van der Waals surface area contributed by atoms with Gasteiger partial charge in [0.15, 0.2) is 5.16 Å². The fourth-order valence-electron chi connectivity index (χ4n) is 4.22. The molecule has 7 heteroatoms. The number of carbonyl (C=O) groups excluding carboxylic acids is 1. The van der Waals surface area contributed by atoms with Crippen LogP contribution in [0.25, 0.3) is 11.0 Å². The Morgan fingerprint density at radius 2 is 1.76 bits per heavy atom. The SMILES string of the molecule is O=C(NC1CCCC1)c1ccc(Cn2c(SCc3ccc(Cl)cc3)nc3ccncc32)cc1. The lowest BCUT2D eigenvalue weighted by Gasteiger charge is -2.13. The molecule has 0 spiro atoms. The van der Waals surface area contributed by atoms with Crippen molar-refractivity contribution < 1.29 is 4.79 Å². The van der Waals surface area contributed by atoms with Crippen molar-refractivity contribution in [3.05, 3.63) is 88.7 Å². The summed E-state index contributed by atoms with van der Waals surface area (Å²) in [6, 6.07) is 18.0. The van der Waals surface area contributed by atoms with Gasteiger partial charge >= 0.3 is 0 Å². The largest absolute Gasteiger partial charge is 0.349 e. The van der Waals surface area contributed by atoms with Crippen molar-refractivity contribution in [3.8, 4) is 0 Å². The molecular formula is C26H25ClN4OS. The smallest absolute Gasteiger partial charge is 0.251 e. The molecule has 1 saturated carbocycles. The number of fused-ring (bicyclic) bond motifs is 1. The van der Waals surface area contributed by atoms with E-state index in [0.717, 1.165) is 45.4 Å². The van der Waals surface area contributed by atoms with E-state index >= 15 is 0 Å². The third-order valence-electron chi connectivity index (χ3n) is 6.04. The van der Waals surface area contributed by atoms with Gasteiger partial charge in [-0.25, -0.2) is 4.98 Å². The number of imidazole rings is 1. The predicted molar refractivity (Wildman–Crippen MR) is 134 cm³/mol. The fourth-order valence-corrected chi connectivity index (χ4v) is 5.32. The number of carbonyl (C=O) groups is 1. The van der Waals surface area contributed by atoms with E-state index in [-0.39, 0.29) is 5.91 Å². The second kappa shape index (κ2) is 9.98. The highest BCUT2D eigenvalue weighted by molar-refractivity contribution is 7.98. The zero-order valence-electron chi connectivity index (χ0n) is 18.2. The van der Waals surface area contributed by atoms with Gasteiger partial charge in [0.25, 0.3) is 5.91 Å². The number of aromatic nitrogens is 3. The Hall–Kier alpha value is -2.83. The van der Waals surface area contributed by atoms with E-state index in [1.54, 1.807) is 18.0 Å². The van der Waals surface area contributed by atoms with Gasteiger partial charge in [-0.05, 0) is 54.3 Å². The number of pyridine rings is 1. The monoisotopic (exact) mass is 476 g/mol. The Kier molecular flexibility index (Phi) is 6.65. The van der Waals surface area contributed by atoms with E-state index in [0.29, 0.717) is 18.2 Å². The van der Waals surface area contributed by atoms with Crippen LogP contribution in [0.1, 0.15) is 47.2 Å². The van der Waals surface area contributed by atoms with E-state index < -0.39 is 0 Å². The van der Waals surface area contributed by atoms with Crippen LogP contribution in [0.15, 0.2) is 72.1 Å². The van der Waals surface area contributed by atoms with Gasteiger partial charge in [0.05, 0.1) is 23.8 Å². The molecule has 1 aliphatic rings. The Morgan fingerprint density at radius 3 is 2.52 bits per heavy atom. The number of rotatable bonds is 7. The normalized spacial score (nSPS) is 14.1. The third kappa shape index (κ3) is 5.23. The average molecular weight is 477 g/mol. The molecule has 4 aromatic rings. The summed E-state index contributed by atoms with van der Waals surface area (Å²) >= 11 is 7.71. The Balaban J connectivity index is 1.33. The van der Waals surface area contributed by atoms with Crippen LogP contribution in [0.2, 0.25) is 5.02 Å². The number of hydrogen-bond donors (Lipinski definition) is 1. The van der Waals surface area contributed by atoms with E-state index in [1.165, 1.54) is 18.4 Å². The van der Waals surface area contributed by atoms with Crippen molar-refractivity contribution in [3.63, 3.8) is 0 Å². The second-order valence-electron chi connectivity index (χ2n) is 8.41. The van der Waals surface area contributed by atoms with Gasteiger partial charge in [0.2, 0.25) is 0 Å². The lowest BCUT2D eigenvalue weighted by atomic mass is 10.1. The van der Waals surface area contributed by atoms with Crippen LogP contribution >= 0.6 is 23.4 Å². The minimum absolute atomic E-state index is 0.0185. The number of benzene rings is 2. The summed E-state index contributed by atoms with van der Waals surface area (Å²) in [5.74, 6) is 0.818. The summed E-state index contributed by atoms with van der Waals surface area (Å²) in [5.41, 5.74) is 4.94. The molecule has 5 nitrogen and oxygen atoms in total. The van der Waals surface area contributed by atoms with Crippen molar-refractivity contribution in [2.75, 3.05) is 0 Å². The van der Waals surface area contributed by atoms with E-state index in [9.17, 15) is 4.79 Å². The number of hydrogen-bond acceptors (Lipinski definition) is 4. The van der Waals surface area contributed by atoms with Crippen LogP contribution in [0.4, 0.5) is 0 Å². The summed E-state index contributed by atoms with van der Waals surface area (Å²) in [7, 11) is 0. The highest BCUT2D eigenvalue weighted by Crippen LogP contribution is 2.28. The molecule has 2 aromatic heterocycles. The molecule has 168 valence electrons. The van der Waals surface area contributed by atoms with Gasteiger partial charge in [0.1, 0.15) is 0 Å². The summed E-state index contributed by atoms with van der Waals surface area (Å²) in [4.78, 5) is 21.7. The molecule has 0 unspecified atom stereocenters. The molecule has 2 aromatic carbocycles. The van der Waals surface area contributed by atoms with Crippen LogP contribution in [-0.2, 0) is 12.3 Å². The Labute approximate surface area is 202 Å². The lowest BCUT2D eigenvalue weighted by Crippen LogP contribution is -2.32. The van der Waals surface area contributed by atoms with Crippen LogP contribution < -0.4 is 5.32 Å². The number of thioether (sulfide) groups is 1. The molecule has 0 atom stereocenters. The van der Waals surface area contributed by atoms with Gasteiger partial charge in [-0.1, -0.05) is 60.5 Å². The average Bonchev–Trinajstić information content (AvgIpc) is 3.47. The number of nitrogens with zero attached hydrogens (tertiary/aromatic N) is 3. The summed E-state index contributed by atoms with van der Waals surface area (Å²) in [6.07, 6.45) is 8.21. The highest BCUT2D eigenvalue weighted by Gasteiger charge is 2.18. The first-order chi connectivity index (χ1) is 16.2. The summed E-state index contributed by atoms with van der Waals surface area (Å²) in [6.45, 7) is 0.662. The number of amides is 1. The van der Waals surface area contributed by atoms with E-state index in [1.807, 2.05) is 60.8 Å². The molecule has 0 aliphatic heterocycles. The Morgan fingerprint density at radius 1 is 1.03 bits per heavy atom. The maximum atomic E-state index is 12.6. The molecule has 0 saturated heterocycles. The highest BCUT2D eigenvalue weighted by atomic mass is 35.5. The molecule has 0 bridgehead atoms. The maximum absolute atomic E-state index is 12.6. The topological polar surface area (TPSA) is 59.8 Å². The zero-order chi connectivity index (χ0) is 22.6. The molecule has 33 heavy (non-hydrogen) atoms. The molecule has 5 rings (SSSR count). The third-order valence-corrected chi connectivity index (χ3v) is 7.34. The van der Waals surface area contributed by atoms with Crippen molar-refractivity contribution in [2.45, 2.75) is 49.2 Å². The minimum Gasteiger partial charge on any atom is -0.349 e. The van der Waals surface area contributed by atoms with Gasteiger partial charge in [-0.3, -0.25) is 9.78 Å². The Bertz CT molecular complexity index is 1250. The molecule has 2 heterocycles. The first kappa shape index (κ1) is 22.0. The molecule has 1 fully saturated rings. The first-order valence-corrected chi connectivity index (χ1v) is 12.6. The first-order valence-electron chi connectivity index (χ1n) is 11.2. The van der Waals surface area contributed by atoms with Crippen LogP contribution in [0, 0.1) is 0 Å². The lowest BCUT2D eigenvalue weighted by molar-refractivity contribution is 0.0938. The van der Waals surface area contributed by atoms with Crippen LogP contribution in [-0.4, -0.2) is 26.5 Å². The second-order valence-corrected chi connectivity index (χ2v) is 9.79. The number of halogens is 1. The maximum Gasteiger partial charge on any atom is 0.251 e. The number of nitrogens with one attached hydrogen (secondary N) is 1.